The predicted octanol–water partition coefficient (Wildman–Crippen LogP) is 2.98. The summed E-state index contributed by atoms with van der Waals surface area (Å²) >= 11 is 0. The van der Waals surface area contributed by atoms with Crippen LogP contribution >= 0.6 is 0 Å². The number of anilines is 1. The highest BCUT2D eigenvalue weighted by Crippen LogP contribution is 2.20. The van der Waals surface area contributed by atoms with Gasteiger partial charge < -0.3 is 11.1 Å². The molecule has 106 valence electrons. The number of hydrogen-bond donors (Lipinski definition) is 2. The first kappa shape index (κ1) is 14.3. The summed E-state index contributed by atoms with van der Waals surface area (Å²) in [4.78, 5) is 9.11. The maximum absolute atomic E-state index is 6.24. The highest BCUT2D eigenvalue weighted by atomic mass is 15.1. The molecule has 1 heterocycles. The van der Waals surface area contributed by atoms with Crippen LogP contribution in [0.4, 0.5) is 5.95 Å². The second kappa shape index (κ2) is 6.33. The molecule has 1 fully saturated rings. The monoisotopic (exact) mass is 262 g/mol. The summed E-state index contributed by atoms with van der Waals surface area (Å²) in [7, 11) is 0. The van der Waals surface area contributed by atoms with E-state index >= 15 is 0 Å². The maximum atomic E-state index is 6.24. The van der Waals surface area contributed by atoms with Crippen molar-refractivity contribution in [1.82, 2.24) is 9.97 Å². The summed E-state index contributed by atoms with van der Waals surface area (Å²) in [5.41, 5.74) is 8.36. The molecule has 2 unspecified atom stereocenters. The largest absolute Gasteiger partial charge is 0.350 e. The van der Waals surface area contributed by atoms with Crippen LogP contribution in [0.3, 0.4) is 0 Å². The Morgan fingerprint density at radius 3 is 2.68 bits per heavy atom. The first-order valence-corrected chi connectivity index (χ1v) is 7.44. The van der Waals surface area contributed by atoms with Crippen LogP contribution in [0, 0.1) is 6.92 Å². The van der Waals surface area contributed by atoms with Crippen molar-refractivity contribution in [3.05, 3.63) is 17.5 Å². The molecule has 0 saturated heterocycles. The summed E-state index contributed by atoms with van der Waals surface area (Å²) in [6.07, 6.45) is 5.99. The fourth-order valence-electron chi connectivity index (χ4n) is 2.63. The number of rotatable bonds is 3. The summed E-state index contributed by atoms with van der Waals surface area (Å²) in [6, 6.07) is 2.58. The molecule has 2 atom stereocenters. The van der Waals surface area contributed by atoms with Crippen LogP contribution in [0.5, 0.6) is 0 Å². The molecule has 0 radical (unpaired) electrons. The number of aromatic nitrogens is 2. The summed E-state index contributed by atoms with van der Waals surface area (Å²) in [5.74, 6) is 1.16. The lowest BCUT2D eigenvalue weighted by atomic mass is 10.0. The number of hydrogen-bond acceptors (Lipinski definition) is 4. The van der Waals surface area contributed by atoms with Gasteiger partial charge >= 0.3 is 0 Å². The van der Waals surface area contributed by atoms with Crippen LogP contribution in [0.1, 0.15) is 63.3 Å². The second-order valence-electron chi connectivity index (χ2n) is 5.97. The first-order chi connectivity index (χ1) is 9.06. The summed E-state index contributed by atoms with van der Waals surface area (Å²) in [6.45, 7) is 6.33. The van der Waals surface area contributed by atoms with E-state index in [0.29, 0.717) is 12.0 Å². The van der Waals surface area contributed by atoms with Gasteiger partial charge in [-0.05, 0) is 31.7 Å². The molecule has 2 rings (SSSR count). The molecule has 1 aromatic rings. The topological polar surface area (TPSA) is 63.8 Å². The second-order valence-corrected chi connectivity index (χ2v) is 5.97. The van der Waals surface area contributed by atoms with Gasteiger partial charge in [-0.25, -0.2) is 9.97 Å². The first-order valence-electron chi connectivity index (χ1n) is 7.44. The Morgan fingerprint density at radius 1 is 1.21 bits per heavy atom. The molecule has 1 aromatic heterocycles. The standard InChI is InChI=1S/C15H26N4/c1-10(2)14-9-11(3)17-15(19-14)18-13-8-6-4-5-7-12(13)16/h9-10,12-13H,4-8,16H2,1-3H3,(H,17,18,19). The molecule has 0 bridgehead atoms. The molecule has 0 aromatic carbocycles. The number of nitrogens with zero attached hydrogens (tertiary/aromatic N) is 2. The molecule has 0 spiro atoms. The van der Waals surface area contributed by atoms with Gasteiger partial charge in [-0.1, -0.05) is 33.1 Å². The molecular formula is C15H26N4. The third-order valence-corrected chi connectivity index (χ3v) is 3.85. The van der Waals surface area contributed by atoms with E-state index in [9.17, 15) is 0 Å². The minimum atomic E-state index is 0.217. The zero-order valence-corrected chi connectivity index (χ0v) is 12.3. The number of nitrogens with one attached hydrogen (secondary N) is 1. The maximum Gasteiger partial charge on any atom is 0.223 e. The van der Waals surface area contributed by atoms with Crippen molar-refractivity contribution < 1.29 is 0 Å². The van der Waals surface area contributed by atoms with E-state index in [-0.39, 0.29) is 6.04 Å². The van der Waals surface area contributed by atoms with E-state index in [2.05, 4.69) is 35.2 Å². The number of nitrogens with two attached hydrogens (primary N) is 1. The van der Waals surface area contributed by atoms with E-state index < -0.39 is 0 Å². The predicted molar refractivity (Wildman–Crippen MR) is 79.3 cm³/mol. The average Bonchev–Trinajstić information content (AvgIpc) is 2.54. The lowest BCUT2D eigenvalue weighted by molar-refractivity contribution is 0.525. The van der Waals surface area contributed by atoms with Crippen molar-refractivity contribution in [1.29, 1.82) is 0 Å². The summed E-state index contributed by atoms with van der Waals surface area (Å²) < 4.78 is 0. The van der Waals surface area contributed by atoms with Crippen molar-refractivity contribution in [2.24, 2.45) is 5.73 Å². The minimum absolute atomic E-state index is 0.217. The van der Waals surface area contributed by atoms with Gasteiger partial charge in [0.05, 0.1) is 0 Å². The van der Waals surface area contributed by atoms with Gasteiger partial charge in [-0.3, -0.25) is 0 Å². The smallest absolute Gasteiger partial charge is 0.223 e. The molecule has 1 saturated carbocycles. The van der Waals surface area contributed by atoms with E-state index in [0.717, 1.165) is 30.2 Å². The highest BCUT2D eigenvalue weighted by Gasteiger charge is 2.21. The third-order valence-electron chi connectivity index (χ3n) is 3.85. The van der Waals surface area contributed by atoms with Crippen molar-refractivity contribution in [3.63, 3.8) is 0 Å². The highest BCUT2D eigenvalue weighted by molar-refractivity contribution is 5.31. The zero-order chi connectivity index (χ0) is 13.8. The molecule has 19 heavy (non-hydrogen) atoms. The van der Waals surface area contributed by atoms with Crippen LogP contribution in [-0.2, 0) is 0 Å². The Labute approximate surface area is 116 Å². The van der Waals surface area contributed by atoms with E-state index in [1.807, 2.05) is 6.92 Å². The van der Waals surface area contributed by atoms with Crippen molar-refractivity contribution in [2.45, 2.75) is 70.9 Å². The molecule has 1 aliphatic rings. The molecule has 1 aliphatic carbocycles. The summed E-state index contributed by atoms with van der Waals surface area (Å²) in [5, 5.41) is 3.46. The molecular weight excluding hydrogens is 236 g/mol. The van der Waals surface area contributed by atoms with E-state index in [4.69, 9.17) is 5.73 Å². The van der Waals surface area contributed by atoms with Crippen LogP contribution in [0.25, 0.3) is 0 Å². The minimum Gasteiger partial charge on any atom is -0.350 e. The van der Waals surface area contributed by atoms with E-state index in [1.54, 1.807) is 0 Å². The van der Waals surface area contributed by atoms with Gasteiger partial charge in [-0.2, -0.15) is 0 Å². The van der Waals surface area contributed by atoms with Gasteiger partial charge in [0.1, 0.15) is 0 Å². The molecule has 3 N–H and O–H groups in total. The third kappa shape index (κ3) is 3.90. The van der Waals surface area contributed by atoms with Gasteiger partial charge in [0.15, 0.2) is 0 Å². The van der Waals surface area contributed by atoms with Crippen molar-refractivity contribution >= 4 is 5.95 Å². The lowest BCUT2D eigenvalue weighted by Crippen LogP contribution is -2.39. The Hall–Kier alpha value is -1.16. The van der Waals surface area contributed by atoms with Crippen LogP contribution < -0.4 is 11.1 Å². The molecule has 4 nitrogen and oxygen atoms in total. The Morgan fingerprint density at radius 2 is 1.95 bits per heavy atom. The SMILES string of the molecule is Cc1cc(C(C)C)nc(NC2CCCCCC2N)n1. The zero-order valence-electron chi connectivity index (χ0n) is 12.3. The van der Waals surface area contributed by atoms with Gasteiger partial charge in [0, 0.05) is 23.5 Å². The average molecular weight is 262 g/mol. The van der Waals surface area contributed by atoms with E-state index in [1.165, 1.54) is 19.3 Å². The number of aryl methyl sites for hydroxylation is 1. The Kier molecular flexibility index (Phi) is 4.75. The molecule has 0 amide bonds. The lowest BCUT2D eigenvalue weighted by Gasteiger charge is -2.23. The van der Waals surface area contributed by atoms with Crippen LogP contribution in [-0.4, -0.2) is 22.1 Å². The normalized spacial score (nSPS) is 24.3. The van der Waals surface area contributed by atoms with Crippen LogP contribution in [0.15, 0.2) is 6.07 Å². The Bertz CT molecular complexity index is 417. The molecule has 0 aliphatic heterocycles. The van der Waals surface area contributed by atoms with Gasteiger partial charge in [0.25, 0.3) is 0 Å². The van der Waals surface area contributed by atoms with Crippen molar-refractivity contribution in [2.75, 3.05) is 5.32 Å². The molecule has 4 heteroatoms. The Balaban J connectivity index is 2.13. The quantitative estimate of drug-likeness (QED) is 0.822. The van der Waals surface area contributed by atoms with Gasteiger partial charge in [0.2, 0.25) is 5.95 Å². The fraction of sp³-hybridized carbons (Fsp3) is 0.733. The van der Waals surface area contributed by atoms with Crippen LogP contribution in [0.2, 0.25) is 0 Å². The van der Waals surface area contributed by atoms with Crippen molar-refractivity contribution in [3.8, 4) is 0 Å². The van der Waals surface area contributed by atoms with Gasteiger partial charge in [-0.15, -0.1) is 0 Å². The fourth-order valence-corrected chi connectivity index (χ4v) is 2.63.